The highest BCUT2D eigenvalue weighted by Crippen LogP contribution is 2.62. The van der Waals surface area contributed by atoms with Crippen molar-refractivity contribution in [2.75, 3.05) is 6.16 Å². The van der Waals surface area contributed by atoms with E-state index in [1.165, 1.54) is 0 Å². The van der Waals surface area contributed by atoms with Gasteiger partial charge in [0, 0.05) is 11.5 Å². The quantitative estimate of drug-likeness (QED) is 0.721. The molecular formula is C11H15O2P. The third-order valence-corrected chi connectivity index (χ3v) is 6.93. The van der Waals surface area contributed by atoms with Gasteiger partial charge in [0.25, 0.3) is 0 Å². The maximum Gasteiger partial charge on any atom is 0.145 e. The molecule has 3 heteroatoms. The molecule has 1 aliphatic rings. The maximum absolute atomic E-state index is 12.6. The van der Waals surface area contributed by atoms with Crippen LogP contribution in [0.5, 0.6) is 0 Å². The topological polar surface area (TPSA) is 37.3 Å². The van der Waals surface area contributed by atoms with E-state index in [0.717, 1.165) is 11.7 Å². The zero-order chi connectivity index (χ0) is 10.2. The average Bonchev–Trinajstić information content (AvgIpc) is 2.44. The van der Waals surface area contributed by atoms with Crippen molar-refractivity contribution in [3.63, 3.8) is 0 Å². The molecule has 0 spiro atoms. The van der Waals surface area contributed by atoms with Crippen LogP contribution in [0.25, 0.3) is 0 Å². The molecule has 0 bridgehead atoms. The van der Waals surface area contributed by atoms with Crippen molar-refractivity contribution in [3.05, 3.63) is 30.3 Å². The molecule has 0 aliphatic carbocycles. The number of rotatable bonds is 1. The van der Waals surface area contributed by atoms with Crippen LogP contribution >= 0.6 is 7.14 Å². The number of hydrogen-bond donors (Lipinski definition) is 1. The first kappa shape index (κ1) is 9.95. The summed E-state index contributed by atoms with van der Waals surface area (Å²) in [6.07, 6.45) is 2.16. The van der Waals surface area contributed by atoms with Crippen molar-refractivity contribution in [2.45, 2.75) is 25.1 Å². The molecule has 0 unspecified atom stereocenters. The van der Waals surface area contributed by atoms with Crippen LogP contribution in [0.1, 0.15) is 19.8 Å². The molecule has 1 saturated heterocycles. The molecular weight excluding hydrogens is 195 g/mol. The minimum atomic E-state index is -2.57. The summed E-state index contributed by atoms with van der Waals surface area (Å²) in [4.78, 5) is 0. The predicted molar refractivity (Wildman–Crippen MR) is 58.4 cm³/mol. The summed E-state index contributed by atoms with van der Waals surface area (Å²) in [6, 6.07) is 9.38. The summed E-state index contributed by atoms with van der Waals surface area (Å²) < 4.78 is 12.6. The zero-order valence-corrected chi connectivity index (χ0v) is 9.21. The Morgan fingerprint density at radius 1 is 1.36 bits per heavy atom. The van der Waals surface area contributed by atoms with Gasteiger partial charge >= 0.3 is 0 Å². The van der Waals surface area contributed by atoms with Crippen LogP contribution in [0.2, 0.25) is 0 Å². The van der Waals surface area contributed by atoms with E-state index in [9.17, 15) is 9.67 Å². The average molecular weight is 210 g/mol. The fourth-order valence-electron chi connectivity index (χ4n) is 2.13. The largest absolute Gasteiger partial charge is 0.382 e. The summed E-state index contributed by atoms with van der Waals surface area (Å²) in [5.74, 6) is 0. The van der Waals surface area contributed by atoms with Gasteiger partial charge in [-0.3, -0.25) is 0 Å². The molecule has 1 heterocycles. The van der Waals surface area contributed by atoms with Crippen LogP contribution < -0.4 is 5.30 Å². The first-order valence-corrected chi connectivity index (χ1v) is 6.83. The second-order valence-corrected chi connectivity index (χ2v) is 7.53. The summed E-state index contributed by atoms with van der Waals surface area (Å²) >= 11 is 0. The van der Waals surface area contributed by atoms with Crippen molar-refractivity contribution in [1.29, 1.82) is 0 Å². The lowest BCUT2D eigenvalue weighted by molar-refractivity contribution is 0.143. The van der Waals surface area contributed by atoms with Crippen molar-refractivity contribution in [2.24, 2.45) is 0 Å². The van der Waals surface area contributed by atoms with Crippen molar-refractivity contribution >= 4 is 12.4 Å². The Hall–Kier alpha value is -0.590. The first-order chi connectivity index (χ1) is 6.56. The molecule has 14 heavy (non-hydrogen) atoms. The van der Waals surface area contributed by atoms with E-state index in [0.29, 0.717) is 12.6 Å². The summed E-state index contributed by atoms with van der Waals surface area (Å²) in [7, 11) is -2.57. The molecule has 1 aromatic rings. The van der Waals surface area contributed by atoms with E-state index in [2.05, 4.69) is 0 Å². The maximum atomic E-state index is 12.6. The van der Waals surface area contributed by atoms with E-state index < -0.39 is 12.5 Å². The van der Waals surface area contributed by atoms with Crippen molar-refractivity contribution in [3.8, 4) is 0 Å². The molecule has 2 rings (SSSR count). The lowest BCUT2D eigenvalue weighted by Gasteiger charge is -2.26. The molecule has 1 fully saturated rings. The van der Waals surface area contributed by atoms with Gasteiger partial charge in [0.05, 0.1) is 0 Å². The van der Waals surface area contributed by atoms with E-state index in [1.54, 1.807) is 6.92 Å². The summed E-state index contributed by atoms with van der Waals surface area (Å²) in [5, 5.41) is 9.93. The Bertz CT molecular complexity index is 370. The van der Waals surface area contributed by atoms with Crippen LogP contribution in [0, 0.1) is 0 Å². The Morgan fingerprint density at radius 2 is 2.00 bits per heavy atom. The minimum Gasteiger partial charge on any atom is -0.382 e. The van der Waals surface area contributed by atoms with Gasteiger partial charge < -0.3 is 9.67 Å². The molecule has 76 valence electrons. The smallest absolute Gasteiger partial charge is 0.145 e. The SMILES string of the molecule is C[C@]1(O)CCC[P@]1(=O)c1ccccc1. The van der Waals surface area contributed by atoms with Crippen LogP contribution in [-0.2, 0) is 4.57 Å². The highest BCUT2D eigenvalue weighted by Gasteiger charge is 2.47. The van der Waals surface area contributed by atoms with Crippen LogP contribution in [0.3, 0.4) is 0 Å². The van der Waals surface area contributed by atoms with E-state index in [1.807, 2.05) is 30.3 Å². The third kappa shape index (κ3) is 1.34. The molecule has 2 nitrogen and oxygen atoms in total. The first-order valence-electron chi connectivity index (χ1n) is 4.93. The highest BCUT2D eigenvalue weighted by atomic mass is 31.2. The monoisotopic (exact) mass is 210 g/mol. The van der Waals surface area contributed by atoms with E-state index in [4.69, 9.17) is 0 Å². The van der Waals surface area contributed by atoms with Gasteiger partial charge in [-0.2, -0.15) is 0 Å². The van der Waals surface area contributed by atoms with Crippen molar-refractivity contribution < 1.29 is 9.67 Å². The van der Waals surface area contributed by atoms with Gasteiger partial charge in [0.1, 0.15) is 12.5 Å². The van der Waals surface area contributed by atoms with Crippen LogP contribution in [-0.4, -0.2) is 16.6 Å². The highest BCUT2D eigenvalue weighted by molar-refractivity contribution is 7.73. The van der Waals surface area contributed by atoms with Gasteiger partial charge in [-0.15, -0.1) is 0 Å². The minimum absolute atomic E-state index is 0.643. The summed E-state index contributed by atoms with van der Waals surface area (Å²) in [6.45, 7) is 1.70. The lowest BCUT2D eigenvalue weighted by Crippen LogP contribution is -2.25. The van der Waals surface area contributed by atoms with Gasteiger partial charge in [-0.25, -0.2) is 0 Å². The molecule has 1 N–H and O–H groups in total. The predicted octanol–water partition coefficient (Wildman–Crippen LogP) is 2.18. The molecule has 0 saturated carbocycles. The Labute approximate surface area is 84.3 Å². The number of benzene rings is 1. The van der Waals surface area contributed by atoms with Gasteiger partial charge in [0.2, 0.25) is 0 Å². The Kier molecular flexibility index (Phi) is 2.29. The van der Waals surface area contributed by atoms with Crippen LogP contribution in [0.15, 0.2) is 30.3 Å². The normalized spacial score (nSPS) is 37.3. The number of aliphatic hydroxyl groups is 1. The van der Waals surface area contributed by atoms with Gasteiger partial charge in [-0.05, 0) is 19.8 Å². The molecule has 0 amide bonds. The van der Waals surface area contributed by atoms with Gasteiger partial charge in [-0.1, -0.05) is 30.3 Å². The lowest BCUT2D eigenvalue weighted by atomic mass is 10.2. The van der Waals surface area contributed by atoms with Gasteiger partial charge in [0.15, 0.2) is 0 Å². The fraction of sp³-hybridized carbons (Fsp3) is 0.455. The molecule has 0 radical (unpaired) electrons. The molecule has 1 aliphatic heterocycles. The second kappa shape index (κ2) is 3.22. The molecule has 1 aromatic carbocycles. The third-order valence-electron chi connectivity index (χ3n) is 3.07. The molecule has 0 aromatic heterocycles. The Morgan fingerprint density at radius 3 is 2.50 bits per heavy atom. The second-order valence-electron chi connectivity index (χ2n) is 4.12. The van der Waals surface area contributed by atoms with Crippen LogP contribution in [0.4, 0.5) is 0 Å². The van der Waals surface area contributed by atoms with E-state index >= 15 is 0 Å². The zero-order valence-electron chi connectivity index (χ0n) is 8.31. The summed E-state index contributed by atoms with van der Waals surface area (Å²) in [5.41, 5.74) is 0. The van der Waals surface area contributed by atoms with E-state index in [-0.39, 0.29) is 0 Å². The Balaban J connectivity index is 2.48. The fourth-order valence-corrected chi connectivity index (χ4v) is 5.21. The molecule has 2 atom stereocenters. The van der Waals surface area contributed by atoms with Crippen molar-refractivity contribution in [1.82, 2.24) is 0 Å². The number of hydrogen-bond acceptors (Lipinski definition) is 2. The standard InChI is InChI=1S/C11H15O2P/c1-11(12)8-5-9-14(11,13)10-6-3-2-4-7-10/h2-4,6-7,12H,5,8-9H2,1H3/t11-,14+/m1/s1.